The number of carboxylic acids is 1. The number of anilines is 1. The highest BCUT2D eigenvalue weighted by molar-refractivity contribution is 7.14. The van der Waals surface area contributed by atoms with Crippen molar-refractivity contribution in [1.29, 1.82) is 5.26 Å². The van der Waals surface area contributed by atoms with Gasteiger partial charge in [-0.05, 0) is 51.0 Å². The molecule has 186 valence electrons. The zero-order valence-corrected chi connectivity index (χ0v) is 21.0. The fourth-order valence-corrected chi connectivity index (χ4v) is 5.04. The summed E-state index contributed by atoms with van der Waals surface area (Å²) in [6.45, 7) is 5.84. The van der Waals surface area contributed by atoms with Crippen molar-refractivity contribution in [1.82, 2.24) is 4.98 Å². The van der Waals surface area contributed by atoms with Gasteiger partial charge in [0.25, 0.3) is 0 Å². The van der Waals surface area contributed by atoms with Gasteiger partial charge in [-0.1, -0.05) is 17.7 Å². The molecule has 1 fully saturated rings. The summed E-state index contributed by atoms with van der Waals surface area (Å²) in [6, 6.07) is 12.3. The maximum Gasteiger partial charge on any atom is 0.335 e. The van der Waals surface area contributed by atoms with E-state index >= 15 is 0 Å². The number of carbonyl (C=O) groups is 2. The number of hydrogen-bond acceptors (Lipinski definition) is 8. The second-order valence-electron chi connectivity index (χ2n) is 8.61. The van der Waals surface area contributed by atoms with Gasteiger partial charge in [0, 0.05) is 29.6 Å². The molecule has 1 N–H and O–H groups in total. The SMILES string of the molecule is CCOC(=O)C1CCN(c2nc(-c3cc(C)ccc3OCc3ccc(C(=O)O)cc3C#N)cs2)CC1. The Morgan fingerprint density at radius 1 is 1.22 bits per heavy atom. The lowest BCUT2D eigenvalue weighted by Crippen LogP contribution is -2.36. The van der Waals surface area contributed by atoms with Crippen molar-refractivity contribution in [3.05, 3.63) is 64.0 Å². The first-order chi connectivity index (χ1) is 17.4. The summed E-state index contributed by atoms with van der Waals surface area (Å²) in [6.07, 6.45) is 1.49. The highest BCUT2D eigenvalue weighted by Gasteiger charge is 2.27. The number of aromatic nitrogens is 1. The molecular formula is C27H27N3O5S. The van der Waals surface area contributed by atoms with E-state index in [9.17, 15) is 20.0 Å². The van der Waals surface area contributed by atoms with Crippen molar-refractivity contribution in [2.75, 3.05) is 24.6 Å². The molecule has 3 aromatic rings. The third kappa shape index (κ3) is 5.66. The van der Waals surface area contributed by atoms with Crippen molar-refractivity contribution in [3.63, 3.8) is 0 Å². The molecule has 4 rings (SSSR count). The molecule has 9 heteroatoms. The Hall–Kier alpha value is -3.90. The van der Waals surface area contributed by atoms with Gasteiger partial charge in [0.2, 0.25) is 0 Å². The number of carbonyl (C=O) groups excluding carboxylic acids is 1. The molecule has 0 amide bonds. The zero-order chi connectivity index (χ0) is 25.7. The van der Waals surface area contributed by atoms with E-state index in [2.05, 4.69) is 11.0 Å². The molecule has 1 aliphatic heterocycles. The topological polar surface area (TPSA) is 113 Å². The molecule has 8 nitrogen and oxygen atoms in total. The lowest BCUT2D eigenvalue weighted by molar-refractivity contribution is -0.148. The van der Waals surface area contributed by atoms with Crippen molar-refractivity contribution in [3.8, 4) is 23.1 Å². The molecule has 0 saturated carbocycles. The number of benzene rings is 2. The average molecular weight is 506 g/mol. The van der Waals surface area contributed by atoms with Crippen LogP contribution in [-0.4, -0.2) is 41.7 Å². The van der Waals surface area contributed by atoms with Gasteiger partial charge in [-0.15, -0.1) is 11.3 Å². The summed E-state index contributed by atoms with van der Waals surface area (Å²) in [7, 11) is 0. The highest BCUT2D eigenvalue weighted by Crippen LogP contribution is 2.36. The van der Waals surface area contributed by atoms with Gasteiger partial charge < -0.3 is 19.5 Å². The van der Waals surface area contributed by atoms with Crippen LogP contribution in [0.1, 0.15) is 46.8 Å². The van der Waals surface area contributed by atoms with Crippen molar-refractivity contribution >= 4 is 28.4 Å². The molecule has 0 spiro atoms. The number of nitrogens with zero attached hydrogens (tertiary/aromatic N) is 3. The van der Waals surface area contributed by atoms with Gasteiger partial charge in [-0.25, -0.2) is 9.78 Å². The standard InChI is InChI=1S/C27H27N3O5S/c1-3-34-26(33)18-8-10-30(11-9-18)27-29-23(16-36-27)22-12-17(2)4-7-24(22)35-15-20-6-5-19(25(31)32)13-21(20)14-28/h4-7,12-13,16,18H,3,8-11,15H2,1-2H3,(H,31,32). The monoisotopic (exact) mass is 505 g/mol. The summed E-state index contributed by atoms with van der Waals surface area (Å²) >= 11 is 1.55. The molecule has 36 heavy (non-hydrogen) atoms. The van der Waals surface area contributed by atoms with Crippen LogP contribution in [0, 0.1) is 24.2 Å². The molecular weight excluding hydrogens is 478 g/mol. The number of carboxylic acid groups (broad SMARTS) is 1. The molecule has 0 aliphatic carbocycles. The van der Waals surface area contributed by atoms with Crippen molar-refractivity contribution in [2.24, 2.45) is 5.92 Å². The number of hydrogen-bond donors (Lipinski definition) is 1. The Bertz CT molecular complexity index is 1300. The Kier molecular flexibility index (Phi) is 7.86. The van der Waals surface area contributed by atoms with Gasteiger partial charge in [-0.3, -0.25) is 4.79 Å². The normalized spacial score (nSPS) is 13.8. The van der Waals surface area contributed by atoms with Crippen LogP contribution < -0.4 is 9.64 Å². The molecule has 1 aromatic heterocycles. The van der Waals surface area contributed by atoms with Crippen LogP contribution in [0.2, 0.25) is 0 Å². The largest absolute Gasteiger partial charge is 0.488 e. The van der Waals surface area contributed by atoms with Gasteiger partial charge in [-0.2, -0.15) is 5.26 Å². The van der Waals surface area contributed by atoms with Crippen LogP contribution in [0.5, 0.6) is 5.75 Å². The minimum Gasteiger partial charge on any atom is -0.488 e. The van der Waals surface area contributed by atoms with E-state index < -0.39 is 5.97 Å². The van der Waals surface area contributed by atoms with Crippen LogP contribution in [0.25, 0.3) is 11.3 Å². The van der Waals surface area contributed by atoms with E-state index in [4.69, 9.17) is 14.5 Å². The summed E-state index contributed by atoms with van der Waals surface area (Å²) < 4.78 is 11.3. The van der Waals surface area contributed by atoms with Crippen LogP contribution in [0.15, 0.2) is 41.8 Å². The molecule has 1 saturated heterocycles. The predicted octanol–water partition coefficient (Wildman–Crippen LogP) is 5.05. The lowest BCUT2D eigenvalue weighted by Gasteiger charge is -2.30. The number of rotatable bonds is 8. The second-order valence-corrected chi connectivity index (χ2v) is 9.44. The quantitative estimate of drug-likeness (QED) is 0.423. The van der Waals surface area contributed by atoms with E-state index in [0.29, 0.717) is 17.9 Å². The Morgan fingerprint density at radius 2 is 2.00 bits per heavy atom. The summed E-state index contributed by atoms with van der Waals surface area (Å²) in [4.78, 5) is 30.3. The third-order valence-electron chi connectivity index (χ3n) is 6.15. The van der Waals surface area contributed by atoms with E-state index in [1.54, 1.807) is 17.4 Å². The number of ether oxygens (including phenoxy) is 2. The minimum absolute atomic E-state index is 0.0553. The van der Waals surface area contributed by atoms with Gasteiger partial charge in [0.1, 0.15) is 12.4 Å². The van der Waals surface area contributed by atoms with Crippen LogP contribution in [-0.2, 0) is 16.1 Å². The molecule has 2 heterocycles. The van der Waals surface area contributed by atoms with Crippen LogP contribution >= 0.6 is 11.3 Å². The second kappa shape index (κ2) is 11.2. The maximum absolute atomic E-state index is 12.0. The smallest absolute Gasteiger partial charge is 0.335 e. The number of aromatic carboxylic acids is 1. The molecule has 0 bridgehead atoms. The molecule has 0 unspecified atom stereocenters. The van der Waals surface area contributed by atoms with Crippen LogP contribution in [0.3, 0.4) is 0 Å². The highest BCUT2D eigenvalue weighted by atomic mass is 32.1. The molecule has 0 atom stereocenters. The first-order valence-electron chi connectivity index (χ1n) is 11.8. The zero-order valence-electron chi connectivity index (χ0n) is 20.2. The Labute approximate surface area is 213 Å². The number of aryl methyl sites for hydroxylation is 1. The van der Waals surface area contributed by atoms with E-state index in [1.165, 1.54) is 12.1 Å². The van der Waals surface area contributed by atoms with Crippen LogP contribution in [0.4, 0.5) is 5.13 Å². The average Bonchev–Trinajstić information content (AvgIpc) is 3.38. The Morgan fingerprint density at radius 3 is 2.69 bits per heavy atom. The van der Waals surface area contributed by atoms with E-state index in [0.717, 1.165) is 47.9 Å². The fourth-order valence-electron chi connectivity index (χ4n) is 4.16. The minimum atomic E-state index is -1.08. The Balaban J connectivity index is 1.49. The summed E-state index contributed by atoms with van der Waals surface area (Å²) in [5.41, 5.74) is 3.64. The number of esters is 1. The third-order valence-corrected chi connectivity index (χ3v) is 7.05. The first-order valence-corrected chi connectivity index (χ1v) is 12.6. The van der Waals surface area contributed by atoms with Crippen molar-refractivity contribution < 1.29 is 24.2 Å². The molecule has 1 aliphatic rings. The number of piperidine rings is 1. The van der Waals surface area contributed by atoms with Gasteiger partial charge in [0.05, 0.1) is 35.4 Å². The number of thiazole rings is 1. The summed E-state index contributed by atoms with van der Waals surface area (Å²) in [5.74, 6) is -0.620. The summed E-state index contributed by atoms with van der Waals surface area (Å²) in [5, 5.41) is 21.5. The maximum atomic E-state index is 12.0. The number of nitriles is 1. The van der Waals surface area contributed by atoms with Crippen molar-refractivity contribution in [2.45, 2.75) is 33.3 Å². The van der Waals surface area contributed by atoms with Gasteiger partial charge in [0.15, 0.2) is 5.13 Å². The van der Waals surface area contributed by atoms with Gasteiger partial charge >= 0.3 is 11.9 Å². The first kappa shape index (κ1) is 25.2. The van der Waals surface area contributed by atoms with E-state index in [-0.39, 0.29) is 29.6 Å². The molecule has 2 aromatic carbocycles. The predicted molar refractivity (Wildman–Crippen MR) is 136 cm³/mol. The van der Waals surface area contributed by atoms with E-state index in [1.807, 2.05) is 37.4 Å². The lowest BCUT2D eigenvalue weighted by atomic mass is 9.97. The molecule has 0 radical (unpaired) electrons. The fraction of sp³-hybridized carbons (Fsp3) is 0.333.